The Kier molecular flexibility index (Phi) is 6.08. The number of carbonyl (C=O) groups excluding carboxylic acids is 2. The Labute approximate surface area is 156 Å². The van der Waals surface area contributed by atoms with Gasteiger partial charge in [-0.2, -0.15) is 5.26 Å². The van der Waals surface area contributed by atoms with Crippen molar-refractivity contribution >= 4 is 11.9 Å². The predicted octanol–water partition coefficient (Wildman–Crippen LogP) is 2.27. The van der Waals surface area contributed by atoms with Crippen LogP contribution in [0, 0.1) is 11.3 Å². The highest BCUT2D eigenvalue weighted by Crippen LogP contribution is 2.42. The van der Waals surface area contributed by atoms with Gasteiger partial charge >= 0.3 is 11.9 Å². The molecule has 0 saturated heterocycles. The summed E-state index contributed by atoms with van der Waals surface area (Å²) >= 11 is 0. The molecule has 142 valence electrons. The number of nitrogens with zero attached hydrogens (tertiary/aromatic N) is 1. The molecule has 0 radical (unpaired) electrons. The standard InChI is InChI=1S/C19H20N2O6/c1-5-25-19(23)16-10(2)26-18(21)13(9-20)17(16)12-6-7-14(27-11(3)22)15(8-12)24-4/h6-8,17H,5,21H2,1-4H3. The summed E-state index contributed by atoms with van der Waals surface area (Å²) < 4.78 is 20.8. The van der Waals surface area contributed by atoms with E-state index in [0.717, 1.165) is 0 Å². The molecule has 2 N–H and O–H groups in total. The summed E-state index contributed by atoms with van der Waals surface area (Å²) in [4.78, 5) is 23.7. The smallest absolute Gasteiger partial charge is 0.338 e. The number of benzene rings is 1. The minimum atomic E-state index is -0.803. The van der Waals surface area contributed by atoms with Crippen LogP contribution in [0.3, 0.4) is 0 Å². The topological polar surface area (TPSA) is 121 Å². The molecule has 0 aliphatic carbocycles. The van der Waals surface area contributed by atoms with E-state index in [1.807, 2.05) is 6.07 Å². The molecule has 1 aliphatic rings. The number of methoxy groups -OCH3 is 1. The number of esters is 2. The van der Waals surface area contributed by atoms with E-state index in [1.165, 1.54) is 20.1 Å². The van der Waals surface area contributed by atoms with Crippen LogP contribution >= 0.6 is 0 Å². The van der Waals surface area contributed by atoms with Crippen molar-refractivity contribution in [3.8, 4) is 17.6 Å². The molecular weight excluding hydrogens is 352 g/mol. The van der Waals surface area contributed by atoms with Gasteiger partial charge < -0.3 is 24.7 Å². The first-order chi connectivity index (χ1) is 12.8. The van der Waals surface area contributed by atoms with Gasteiger partial charge in [-0.25, -0.2) is 4.79 Å². The van der Waals surface area contributed by atoms with Crippen molar-refractivity contribution in [2.75, 3.05) is 13.7 Å². The molecule has 27 heavy (non-hydrogen) atoms. The first-order valence-electron chi connectivity index (χ1n) is 8.15. The van der Waals surface area contributed by atoms with E-state index in [9.17, 15) is 14.9 Å². The van der Waals surface area contributed by atoms with Gasteiger partial charge in [-0.15, -0.1) is 0 Å². The Morgan fingerprint density at radius 1 is 1.33 bits per heavy atom. The van der Waals surface area contributed by atoms with Crippen LogP contribution in [0.2, 0.25) is 0 Å². The molecule has 2 rings (SSSR count). The maximum atomic E-state index is 12.5. The summed E-state index contributed by atoms with van der Waals surface area (Å²) in [5, 5.41) is 9.57. The van der Waals surface area contributed by atoms with Crippen LogP contribution in [-0.2, 0) is 19.1 Å². The lowest BCUT2D eigenvalue weighted by molar-refractivity contribution is -0.139. The minimum absolute atomic E-state index is 0.0749. The molecule has 0 saturated carbocycles. The third-order valence-electron chi connectivity index (χ3n) is 3.88. The average molecular weight is 372 g/mol. The lowest BCUT2D eigenvalue weighted by atomic mass is 9.83. The van der Waals surface area contributed by atoms with Gasteiger partial charge in [-0.05, 0) is 31.5 Å². The highest BCUT2D eigenvalue weighted by Gasteiger charge is 2.36. The fourth-order valence-electron chi connectivity index (χ4n) is 2.79. The fourth-order valence-corrected chi connectivity index (χ4v) is 2.79. The molecule has 0 fully saturated rings. The molecule has 1 aromatic carbocycles. The van der Waals surface area contributed by atoms with Crippen LogP contribution < -0.4 is 15.2 Å². The third-order valence-corrected chi connectivity index (χ3v) is 3.88. The number of hydrogen-bond acceptors (Lipinski definition) is 8. The molecule has 1 aliphatic heterocycles. The van der Waals surface area contributed by atoms with Gasteiger partial charge in [-0.3, -0.25) is 4.79 Å². The summed E-state index contributed by atoms with van der Waals surface area (Å²) in [6.07, 6.45) is 0. The van der Waals surface area contributed by atoms with Gasteiger partial charge in [-0.1, -0.05) is 6.07 Å². The van der Waals surface area contributed by atoms with Crippen LogP contribution in [0.25, 0.3) is 0 Å². The van der Waals surface area contributed by atoms with E-state index >= 15 is 0 Å². The zero-order valence-electron chi connectivity index (χ0n) is 15.5. The van der Waals surface area contributed by atoms with Crippen LogP contribution in [0.15, 0.2) is 41.0 Å². The number of hydrogen-bond donors (Lipinski definition) is 1. The molecule has 1 aromatic rings. The van der Waals surface area contributed by atoms with Gasteiger partial charge in [0.2, 0.25) is 5.88 Å². The molecule has 1 atom stereocenters. The van der Waals surface area contributed by atoms with Crippen LogP contribution in [0.4, 0.5) is 0 Å². The van der Waals surface area contributed by atoms with E-state index in [2.05, 4.69) is 0 Å². The lowest BCUT2D eigenvalue weighted by Gasteiger charge is -2.27. The van der Waals surface area contributed by atoms with E-state index in [-0.39, 0.29) is 40.9 Å². The maximum absolute atomic E-state index is 12.5. The second-order valence-electron chi connectivity index (χ2n) is 5.62. The Balaban J connectivity index is 2.62. The summed E-state index contributed by atoms with van der Waals surface area (Å²) in [6.45, 7) is 4.69. The first kappa shape index (κ1) is 19.8. The number of carbonyl (C=O) groups is 2. The number of allylic oxidation sites excluding steroid dienone is 2. The molecular formula is C19H20N2O6. The van der Waals surface area contributed by atoms with Crippen molar-refractivity contribution < 1.29 is 28.5 Å². The number of nitrogens with two attached hydrogens (primary N) is 1. The normalized spacial score (nSPS) is 16.3. The minimum Gasteiger partial charge on any atom is -0.493 e. The number of ether oxygens (including phenoxy) is 4. The molecule has 1 unspecified atom stereocenters. The Morgan fingerprint density at radius 2 is 2.04 bits per heavy atom. The van der Waals surface area contributed by atoms with Gasteiger partial charge in [0.15, 0.2) is 11.5 Å². The van der Waals surface area contributed by atoms with E-state index in [4.69, 9.17) is 24.7 Å². The van der Waals surface area contributed by atoms with Crippen LogP contribution in [0.1, 0.15) is 32.3 Å². The lowest BCUT2D eigenvalue weighted by Crippen LogP contribution is -2.25. The van der Waals surface area contributed by atoms with Crippen molar-refractivity contribution in [1.82, 2.24) is 0 Å². The monoisotopic (exact) mass is 372 g/mol. The maximum Gasteiger partial charge on any atom is 0.338 e. The quantitative estimate of drug-likeness (QED) is 0.617. The zero-order valence-corrected chi connectivity index (χ0v) is 15.5. The Morgan fingerprint density at radius 3 is 2.59 bits per heavy atom. The van der Waals surface area contributed by atoms with Crippen molar-refractivity contribution in [3.05, 3.63) is 46.6 Å². The van der Waals surface area contributed by atoms with Gasteiger partial charge in [0.25, 0.3) is 0 Å². The average Bonchev–Trinajstić information content (AvgIpc) is 2.61. The molecule has 0 aromatic heterocycles. The summed E-state index contributed by atoms with van der Waals surface area (Å²) in [5.41, 5.74) is 6.64. The molecule has 8 nitrogen and oxygen atoms in total. The van der Waals surface area contributed by atoms with Gasteiger partial charge in [0, 0.05) is 6.92 Å². The Bertz CT molecular complexity index is 879. The summed E-state index contributed by atoms with van der Waals surface area (Å²) in [5.74, 6) is -1.27. The van der Waals surface area contributed by atoms with E-state index in [0.29, 0.717) is 5.56 Å². The van der Waals surface area contributed by atoms with Crippen LogP contribution in [-0.4, -0.2) is 25.7 Å². The molecule has 0 amide bonds. The van der Waals surface area contributed by atoms with E-state index < -0.39 is 17.9 Å². The molecule has 0 bridgehead atoms. The summed E-state index contributed by atoms with van der Waals surface area (Å²) in [7, 11) is 1.42. The van der Waals surface area contributed by atoms with Crippen LogP contribution in [0.5, 0.6) is 11.5 Å². The number of nitriles is 1. The van der Waals surface area contributed by atoms with Crippen molar-refractivity contribution in [1.29, 1.82) is 5.26 Å². The van der Waals surface area contributed by atoms with Crippen molar-refractivity contribution in [2.45, 2.75) is 26.7 Å². The molecule has 8 heteroatoms. The summed E-state index contributed by atoms with van der Waals surface area (Å²) in [6, 6.07) is 6.71. The second-order valence-corrected chi connectivity index (χ2v) is 5.62. The van der Waals surface area contributed by atoms with E-state index in [1.54, 1.807) is 26.0 Å². The molecule has 1 heterocycles. The molecule has 0 spiro atoms. The van der Waals surface area contributed by atoms with Gasteiger partial charge in [0.05, 0.1) is 25.2 Å². The second kappa shape index (κ2) is 8.27. The largest absolute Gasteiger partial charge is 0.493 e. The third kappa shape index (κ3) is 4.03. The highest BCUT2D eigenvalue weighted by atomic mass is 16.6. The number of rotatable bonds is 5. The predicted molar refractivity (Wildman–Crippen MR) is 94.3 cm³/mol. The Hall–Kier alpha value is -3.47. The van der Waals surface area contributed by atoms with Gasteiger partial charge in [0.1, 0.15) is 17.4 Å². The first-order valence-corrected chi connectivity index (χ1v) is 8.15. The zero-order chi connectivity index (χ0) is 20.1. The van der Waals surface area contributed by atoms with Crippen molar-refractivity contribution in [3.63, 3.8) is 0 Å². The fraction of sp³-hybridized carbons (Fsp3) is 0.316. The highest BCUT2D eigenvalue weighted by molar-refractivity contribution is 5.92. The SMILES string of the molecule is CCOC(=O)C1=C(C)OC(N)=C(C#N)C1c1ccc(OC(C)=O)c(OC)c1. The van der Waals surface area contributed by atoms with Crippen molar-refractivity contribution in [2.24, 2.45) is 5.73 Å².